The van der Waals surface area contributed by atoms with E-state index in [1.807, 2.05) is 25.2 Å². The van der Waals surface area contributed by atoms with Crippen molar-refractivity contribution in [2.24, 2.45) is 5.41 Å². The maximum atomic E-state index is 12.2. The molecule has 1 aromatic carbocycles. The molecule has 5 nitrogen and oxygen atoms in total. The summed E-state index contributed by atoms with van der Waals surface area (Å²) in [7, 11) is 3.29. The first-order valence-electron chi connectivity index (χ1n) is 7.21. The van der Waals surface area contributed by atoms with Crippen LogP contribution in [0.25, 0.3) is 0 Å². The van der Waals surface area contributed by atoms with E-state index in [0.29, 0.717) is 12.1 Å². The van der Waals surface area contributed by atoms with Gasteiger partial charge in [-0.05, 0) is 50.6 Å². The van der Waals surface area contributed by atoms with Crippen LogP contribution in [0.1, 0.15) is 28.8 Å². The highest BCUT2D eigenvalue weighted by Crippen LogP contribution is 2.46. The molecule has 0 bridgehead atoms. The minimum atomic E-state index is -0.492. The maximum absolute atomic E-state index is 12.2. The van der Waals surface area contributed by atoms with Crippen molar-refractivity contribution in [1.82, 2.24) is 10.6 Å². The number of hydrogen-bond acceptors (Lipinski definition) is 4. The van der Waals surface area contributed by atoms with Crippen molar-refractivity contribution >= 4 is 11.9 Å². The molecule has 1 amide bonds. The zero-order valence-corrected chi connectivity index (χ0v) is 12.6. The molecule has 5 heteroatoms. The number of esters is 1. The normalized spacial score (nSPS) is 15.3. The molecule has 1 saturated carbocycles. The zero-order chi connectivity index (χ0) is 15.3. The van der Waals surface area contributed by atoms with Crippen LogP contribution >= 0.6 is 0 Å². The minimum Gasteiger partial charge on any atom is -0.469 e. The summed E-state index contributed by atoms with van der Waals surface area (Å²) in [5.74, 6) is -0.373. The van der Waals surface area contributed by atoms with Crippen LogP contribution < -0.4 is 10.6 Å². The van der Waals surface area contributed by atoms with Gasteiger partial charge in [0.2, 0.25) is 0 Å². The Labute approximate surface area is 125 Å². The standard InChI is InChI=1S/C16H22N2O3/c1-17-9-6-12-4-3-5-13(10-12)14(19)18-11-16(7-8-16)15(20)21-2/h3-5,10,17H,6-9,11H2,1-2H3,(H,18,19). The van der Waals surface area contributed by atoms with E-state index in [1.54, 1.807) is 6.07 Å². The summed E-state index contributed by atoms with van der Waals surface area (Å²) >= 11 is 0. The van der Waals surface area contributed by atoms with Gasteiger partial charge in [0.1, 0.15) is 0 Å². The zero-order valence-electron chi connectivity index (χ0n) is 12.6. The quantitative estimate of drug-likeness (QED) is 0.739. The van der Waals surface area contributed by atoms with Crippen molar-refractivity contribution in [3.8, 4) is 0 Å². The van der Waals surface area contributed by atoms with Crippen molar-refractivity contribution in [1.29, 1.82) is 0 Å². The fraction of sp³-hybridized carbons (Fsp3) is 0.500. The number of nitrogens with one attached hydrogen (secondary N) is 2. The van der Waals surface area contributed by atoms with E-state index in [0.717, 1.165) is 31.4 Å². The molecule has 0 radical (unpaired) electrons. The van der Waals surface area contributed by atoms with E-state index < -0.39 is 5.41 Å². The molecule has 0 heterocycles. The Morgan fingerprint density at radius 1 is 1.33 bits per heavy atom. The van der Waals surface area contributed by atoms with E-state index in [4.69, 9.17) is 4.74 Å². The molecule has 114 valence electrons. The number of carbonyl (C=O) groups excluding carboxylic acids is 2. The average Bonchev–Trinajstić information content (AvgIpc) is 3.31. The SMILES string of the molecule is CNCCc1cccc(C(=O)NCC2(C(=O)OC)CC2)c1. The second kappa shape index (κ2) is 6.72. The van der Waals surface area contributed by atoms with E-state index in [-0.39, 0.29) is 11.9 Å². The van der Waals surface area contributed by atoms with E-state index >= 15 is 0 Å². The maximum Gasteiger partial charge on any atom is 0.313 e. The summed E-state index contributed by atoms with van der Waals surface area (Å²) in [5, 5.41) is 5.93. The van der Waals surface area contributed by atoms with Crippen LogP contribution in [0, 0.1) is 5.41 Å². The predicted molar refractivity (Wildman–Crippen MR) is 80.1 cm³/mol. The van der Waals surface area contributed by atoms with Crippen molar-refractivity contribution in [3.63, 3.8) is 0 Å². The topological polar surface area (TPSA) is 67.4 Å². The smallest absolute Gasteiger partial charge is 0.313 e. The lowest BCUT2D eigenvalue weighted by molar-refractivity contribution is -0.146. The third-order valence-corrected chi connectivity index (χ3v) is 3.91. The van der Waals surface area contributed by atoms with Crippen molar-refractivity contribution in [2.75, 3.05) is 27.2 Å². The van der Waals surface area contributed by atoms with Crippen LogP contribution in [0.15, 0.2) is 24.3 Å². The number of ether oxygens (including phenoxy) is 1. The third kappa shape index (κ3) is 3.82. The van der Waals surface area contributed by atoms with Gasteiger partial charge in [-0.25, -0.2) is 0 Å². The number of methoxy groups -OCH3 is 1. The monoisotopic (exact) mass is 290 g/mol. The molecule has 1 aliphatic carbocycles. The summed E-state index contributed by atoms with van der Waals surface area (Å²) in [4.78, 5) is 23.8. The molecule has 21 heavy (non-hydrogen) atoms. The lowest BCUT2D eigenvalue weighted by Crippen LogP contribution is -2.34. The molecule has 0 aliphatic heterocycles. The van der Waals surface area contributed by atoms with Gasteiger partial charge in [0, 0.05) is 12.1 Å². The first-order chi connectivity index (χ1) is 10.1. The van der Waals surface area contributed by atoms with Crippen LogP contribution in [-0.2, 0) is 16.0 Å². The lowest BCUT2D eigenvalue weighted by Gasteiger charge is -2.13. The number of benzene rings is 1. The van der Waals surface area contributed by atoms with Gasteiger partial charge in [-0.2, -0.15) is 0 Å². The number of carbonyl (C=O) groups is 2. The molecule has 2 N–H and O–H groups in total. The molecular formula is C16H22N2O3. The highest BCUT2D eigenvalue weighted by Gasteiger charge is 2.51. The van der Waals surface area contributed by atoms with Gasteiger partial charge in [0.25, 0.3) is 5.91 Å². The van der Waals surface area contributed by atoms with E-state index in [1.165, 1.54) is 7.11 Å². The molecule has 2 rings (SSSR count). The Balaban J connectivity index is 1.93. The van der Waals surface area contributed by atoms with Crippen LogP contribution in [0.2, 0.25) is 0 Å². The fourth-order valence-corrected chi connectivity index (χ4v) is 2.31. The minimum absolute atomic E-state index is 0.142. The van der Waals surface area contributed by atoms with Crippen molar-refractivity contribution in [2.45, 2.75) is 19.3 Å². The van der Waals surface area contributed by atoms with Gasteiger partial charge in [0.05, 0.1) is 12.5 Å². The largest absolute Gasteiger partial charge is 0.469 e. The molecule has 1 aromatic rings. The summed E-state index contributed by atoms with van der Waals surface area (Å²) in [5.41, 5.74) is 1.25. The van der Waals surface area contributed by atoms with Crippen LogP contribution in [0.3, 0.4) is 0 Å². The molecular weight excluding hydrogens is 268 g/mol. The van der Waals surface area contributed by atoms with Gasteiger partial charge in [0.15, 0.2) is 0 Å². The van der Waals surface area contributed by atoms with E-state index in [9.17, 15) is 9.59 Å². The molecule has 0 atom stereocenters. The predicted octanol–water partition coefficient (Wildman–Crippen LogP) is 1.13. The fourth-order valence-electron chi connectivity index (χ4n) is 2.31. The first kappa shape index (κ1) is 15.5. The molecule has 1 aliphatic rings. The molecule has 0 unspecified atom stereocenters. The highest BCUT2D eigenvalue weighted by atomic mass is 16.5. The first-order valence-corrected chi connectivity index (χ1v) is 7.21. The Kier molecular flexibility index (Phi) is 4.96. The van der Waals surface area contributed by atoms with Crippen molar-refractivity contribution in [3.05, 3.63) is 35.4 Å². The van der Waals surface area contributed by atoms with Gasteiger partial charge in [-0.1, -0.05) is 12.1 Å². The average molecular weight is 290 g/mol. The van der Waals surface area contributed by atoms with Gasteiger partial charge in [-0.15, -0.1) is 0 Å². The number of amides is 1. The molecule has 1 fully saturated rings. The van der Waals surface area contributed by atoms with Crippen LogP contribution in [0.4, 0.5) is 0 Å². The molecule has 0 saturated heterocycles. The van der Waals surface area contributed by atoms with Gasteiger partial charge in [-0.3, -0.25) is 9.59 Å². The molecule has 0 spiro atoms. The Morgan fingerprint density at radius 2 is 2.10 bits per heavy atom. The molecule has 0 aromatic heterocycles. The van der Waals surface area contributed by atoms with Gasteiger partial charge < -0.3 is 15.4 Å². The highest BCUT2D eigenvalue weighted by molar-refractivity contribution is 5.95. The lowest BCUT2D eigenvalue weighted by atomic mass is 10.1. The number of hydrogen-bond donors (Lipinski definition) is 2. The Morgan fingerprint density at radius 3 is 2.71 bits per heavy atom. The summed E-state index contributed by atoms with van der Waals surface area (Å²) < 4.78 is 4.78. The number of rotatable bonds is 7. The Hall–Kier alpha value is -1.88. The van der Waals surface area contributed by atoms with Gasteiger partial charge >= 0.3 is 5.97 Å². The summed E-state index contributed by atoms with van der Waals surface area (Å²) in [6, 6.07) is 7.57. The number of likely N-dealkylation sites (N-methyl/N-ethyl adjacent to an activating group) is 1. The second-order valence-electron chi connectivity index (χ2n) is 5.51. The van der Waals surface area contributed by atoms with Crippen molar-refractivity contribution < 1.29 is 14.3 Å². The second-order valence-corrected chi connectivity index (χ2v) is 5.51. The third-order valence-electron chi connectivity index (χ3n) is 3.91. The van der Waals surface area contributed by atoms with Crippen LogP contribution in [-0.4, -0.2) is 39.1 Å². The van der Waals surface area contributed by atoms with E-state index in [2.05, 4.69) is 10.6 Å². The summed E-state index contributed by atoms with van der Waals surface area (Å²) in [6.07, 6.45) is 2.44. The Bertz CT molecular complexity index is 524. The summed E-state index contributed by atoms with van der Waals surface area (Å²) in [6.45, 7) is 1.22. The van der Waals surface area contributed by atoms with Crippen LogP contribution in [0.5, 0.6) is 0 Å².